The number of methoxy groups -OCH3 is 1. The predicted molar refractivity (Wildman–Crippen MR) is 88.5 cm³/mol. The molecule has 0 aromatic heterocycles. The number of benzene rings is 1. The number of rotatable bonds is 7. The van der Waals surface area contributed by atoms with Crippen LogP contribution in [0.5, 0.6) is 5.75 Å². The monoisotopic (exact) mass is 339 g/mol. The van der Waals surface area contributed by atoms with E-state index in [0.29, 0.717) is 5.41 Å². The third-order valence-corrected chi connectivity index (χ3v) is 4.89. The fraction of sp³-hybridized carbons (Fsp3) is 0.647. The van der Waals surface area contributed by atoms with Crippen LogP contribution in [0, 0.1) is 5.41 Å². The summed E-state index contributed by atoms with van der Waals surface area (Å²) >= 11 is 3.59. The first-order valence-electron chi connectivity index (χ1n) is 7.72. The summed E-state index contributed by atoms with van der Waals surface area (Å²) in [5.41, 5.74) is 1.76. The number of halogens is 1. The van der Waals surface area contributed by atoms with Crippen LogP contribution in [0.15, 0.2) is 22.7 Å². The van der Waals surface area contributed by atoms with Crippen molar-refractivity contribution in [2.24, 2.45) is 5.41 Å². The molecule has 0 heterocycles. The molecular weight excluding hydrogens is 314 g/mol. The molecule has 0 radical (unpaired) electrons. The molecule has 1 saturated carbocycles. The smallest absolute Gasteiger partial charge is 0.122 e. The summed E-state index contributed by atoms with van der Waals surface area (Å²) in [6.07, 6.45) is 7.72. The summed E-state index contributed by atoms with van der Waals surface area (Å²) in [4.78, 5) is 0. The maximum absolute atomic E-state index is 5.54. The lowest BCUT2D eigenvalue weighted by atomic mass is 9.79. The van der Waals surface area contributed by atoms with Gasteiger partial charge in [-0.25, -0.2) is 0 Å². The maximum atomic E-state index is 5.54. The molecule has 0 spiro atoms. The van der Waals surface area contributed by atoms with Gasteiger partial charge in [0.25, 0.3) is 0 Å². The van der Waals surface area contributed by atoms with E-state index >= 15 is 0 Å². The number of ether oxygens (including phenoxy) is 1. The minimum absolute atomic E-state index is 0.420. The van der Waals surface area contributed by atoms with Gasteiger partial charge in [0.2, 0.25) is 0 Å². The molecule has 0 atom stereocenters. The molecule has 1 aliphatic carbocycles. The normalized spacial score (nSPS) is 17.4. The van der Waals surface area contributed by atoms with Gasteiger partial charge in [0.15, 0.2) is 0 Å². The lowest BCUT2D eigenvalue weighted by Crippen LogP contribution is -2.34. The van der Waals surface area contributed by atoms with E-state index < -0.39 is 0 Å². The van der Waals surface area contributed by atoms with Crippen LogP contribution in [0.25, 0.3) is 0 Å². The van der Waals surface area contributed by atoms with Gasteiger partial charge in [0.05, 0.1) is 7.11 Å². The molecule has 1 N–H and O–H groups in total. The Morgan fingerprint density at radius 2 is 2.05 bits per heavy atom. The molecule has 0 amide bonds. The van der Waals surface area contributed by atoms with Crippen molar-refractivity contribution in [1.29, 1.82) is 0 Å². The molecule has 1 aromatic rings. The second kappa shape index (κ2) is 7.46. The fourth-order valence-corrected chi connectivity index (χ4v) is 3.77. The highest BCUT2D eigenvalue weighted by Gasteiger charge is 2.34. The Labute approximate surface area is 131 Å². The number of hydrogen-bond acceptors (Lipinski definition) is 2. The highest BCUT2D eigenvalue weighted by atomic mass is 79.9. The highest BCUT2D eigenvalue weighted by Crippen LogP contribution is 2.42. The first-order valence-corrected chi connectivity index (χ1v) is 8.51. The molecule has 0 bridgehead atoms. The lowest BCUT2D eigenvalue weighted by Gasteiger charge is -2.30. The minimum Gasteiger partial charge on any atom is -0.496 e. The Hall–Kier alpha value is -0.540. The molecule has 0 saturated heterocycles. The van der Waals surface area contributed by atoms with Crippen LogP contribution in [0.1, 0.15) is 44.6 Å². The molecule has 20 heavy (non-hydrogen) atoms. The zero-order valence-electron chi connectivity index (χ0n) is 12.7. The summed E-state index contributed by atoms with van der Waals surface area (Å²) < 4.78 is 6.68. The lowest BCUT2D eigenvalue weighted by molar-refractivity contribution is 0.273. The summed E-state index contributed by atoms with van der Waals surface area (Å²) in [6.45, 7) is 4.49. The van der Waals surface area contributed by atoms with Crippen molar-refractivity contribution in [3.05, 3.63) is 28.2 Å². The SMILES string of the molecule is CCCNCC1(Cc2cc(Br)ccc2OC)CCCC1. The van der Waals surface area contributed by atoms with E-state index in [1.165, 1.54) is 37.7 Å². The topological polar surface area (TPSA) is 21.3 Å². The zero-order valence-corrected chi connectivity index (χ0v) is 14.3. The van der Waals surface area contributed by atoms with Gasteiger partial charge in [-0.15, -0.1) is 0 Å². The number of hydrogen-bond donors (Lipinski definition) is 1. The average Bonchev–Trinajstić information content (AvgIpc) is 2.88. The van der Waals surface area contributed by atoms with Crippen molar-refractivity contribution in [1.82, 2.24) is 5.32 Å². The van der Waals surface area contributed by atoms with Crippen molar-refractivity contribution in [2.45, 2.75) is 45.4 Å². The zero-order chi connectivity index (χ0) is 14.4. The largest absolute Gasteiger partial charge is 0.496 e. The molecule has 0 unspecified atom stereocenters. The van der Waals surface area contributed by atoms with Crippen LogP contribution in [-0.4, -0.2) is 20.2 Å². The summed E-state index contributed by atoms with van der Waals surface area (Å²) in [5, 5.41) is 3.64. The van der Waals surface area contributed by atoms with E-state index in [2.05, 4.69) is 46.4 Å². The maximum Gasteiger partial charge on any atom is 0.122 e. The van der Waals surface area contributed by atoms with Crippen molar-refractivity contribution >= 4 is 15.9 Å². The first kappa shape index (κ1) is 15.8. The van der Waals surface area contributed by atoms with Crippen LogP contribution in [-0.2, 0) is 6.42 Å². The fourth-order valence-electron chi connectivity index (χ4n) is 3.36. The van der Waals surface area contributed by atoms with Crippen LogP contribution < -0.4 is 10.1 Å². The van der Waals surface area contributed by atoms with Gasteiger partial charge >= 0.3 is 0 Å². The van der Waals surface area contributed by atoms with Crippen molar-refractivity contribution < 1.29 is 4.74 Å². The molecular formula is C17H26BrNO. The quantitative estimate of drug-likeness (QED) is 0.735. The summed E-state index contributed by atoms with van der Waals surface area (Å²) in [5.74, 6) is 1.02. The first-order chi connectivity index (χ1) is 9.69. The Balaban J connectivity index is 2.13. The van der Waals surface area contributed by atoms with Gasteiger partial charge in [0, 0.05) is 11.0 Å². The Kier molecular flexibility index (Phi) is 5.91. The van der Waals surface area contributed by atoms with E-state index in [1.807, 2.05) is 0 Å². The van der Waals surface area contributed by atoms with Gasteiger partial charge in [-0.2, -0.15) is 0 Å². The third kappa shape index (κ3) is 3.98. The van der Waals surface area contributed by atoms with Crippen LogP contribution in [0.4, 0.5) is 0 Å². The van der Waals surface area contributed by atoms with E-state index in [1.54, 1.807) is 7.11 Å². The molecule has 1 aliphatic rings. The predicted octanol–water partition coefficient (Wildman–Crippen LogP) is 4.56. The molecule has 1 fully saturated rings. The van der Waals surface area contributed by atoms with E-state index in [4.69, 9.17) is 4.74 Å². The van der Waals surface area contributed by atoms with Gasteiger partial charge in [-0.3, -0.25) is 0 Å². The van der Waals surface area contributed by atoms with Crippen LogP contribution in [0.2, 0.25) is 0 Å². The van der Waals surface area contributed by atoms with Gasteiger partial charge < -0.3 is 10.1 Å². The Bertz CT molecular complexity index is 427. The van der Waals surface area contributed by atoms with E-state index in [9.17, 15) is 0 Å². The second-order valence-corrected chi connectivity index (χ2v) is 6.93. The summed E-state index contributed by atoms with van der Waals surface area (Å²) in [7, 11) is 1.77. The van der Waals surface area contributed by atoms with Crippen LogP contribution >= 0.6 is 15.9 Å². The Morgan fingerprint density at radius 1 is 1.30 bits per heavy atom. The molecule has 0 aliphatic heterocycles. The Morgan fingerprint density at radius 3 is 2.70 bits per heavy atom. The molecule has 2 rings (SSSR count). The summed E-state index contributed by atoms with van der Waals surface area (Å²) in [6, 6.07) is 6.35. The standard InChI is InChI=1S/C17H26BrNO/c1-3-10-19-13-17(8-4-5-9-17)12-14-11-15(18)6-7-16(14)20-2/h6-7,11,19H,3-5,8-10,12-13H2,1-2H3. The molecule has 112 valence electrons. The molecule has 3 heteroatoms. The van der Waals surface area contributed by atoms with Crippen molar-refractivity contribution in [3.63, 3.8) is 0 Å². The minimum atomic E-state index is 0.420. The van der Waals surface area contributed by atoms with Crippen molar-refractivity contribution in [2.75, 3.05) is 20.2 Å². The van der Waals surface area contributed by atoms with Gasteiger partial charge in [-0.05, 0) is 61.4 Å². The van der Waals surface area contributed by atoms with E-state index in [-0.39, 0.29) is 0 Å². The van der Waals surface area contributed by atoms with Gasteiger partial charge in [-0.1, -0.05) is 35.7 Å². The highest BCUT2D eigenvalue weighted by molar-refractivity contribution is 9.10. The number of nitrogens with one attached hydrogen (secondary N) is 1. The second-order valence-electron chi connectivity index (χ2n) is 6.02. The average molecular weight is 340 g/mol. The van der Waals surface area contributed by atoms with E-state index in [0.717, 1.165) is 29.7 Å². The van der Waals surface area contributed by atoms with Gasteiger partial charge in [0.1, 0.15) is 5.75 Å². The third-order valence-electron chi connectivity index (χ3n) is 4.40. The van der Waals surface area contributed by atoms with Crippen molar-refractivity contribution in [3.8, 4) is 5.75 Å². The van der Waals surface area contributed by atoms with Crippen LogP contribution in [0.3, 0.4) is 0 Å². The molecule has 2 nitrogen and oxygen atoms in total. The molecule has 1 aromatic carbocycles.